The van der Waals surface area contributed by atoms with Crippen LogP contribution in [0.3, 0.4) is 0 Å². The second-order valence-corrected chi connectivity index (χ2v) is 7.72. The third-order valence-electron chi connectivity index (χ3n) is 3.27. The Balaban J connectivity index is 2.77. The molecule has 114 valence electrons. The number of benzene rings is 1. The molecule has 0 aliphatic carbocycles. The van der Waals surface area contributed by atoms with Gasteiger partial charge >= 0.3 is 8.80 Å². The second kappa shape index (κ2) is 7.87. The highest BCUT2D eigenvalue weighted by atomic mass is 28.4. The van der Waals surface area contributed by atoms with Gasteiger partial charge in [-0.2, -0.15) is 0 Å². The van der Waals surface area contributed by atoms with Crippen molar-refractivity contribution in [1.29, 1.82) is 0 Å². The maximum atomic E-state index is 6.09. The summed E-state index contributed by atoms with van der Waals surface area (Å²) < 4.78 is 17.2. The van der Waals surface area contributed by atoms with Crippen LogP contribution in [0, 0.1) is 0 Å². The van der Waals surface area contributed by atoms with Gasteiger partial charge in [0.1, 0.15) is 5.72 Å². The largest absolute Gasteiger partial charge is 0.503 e. The quantitative estimate of drug-likeness (QED) is 0.537. The second-order valence-electron chi connectivity index (χ2n) is 4.95. The minimum atomic E-state index is -2.86. The summed E-state index contributed by atoms with van der Waals surface area (Å²) in [5, 5.41) is 0. The molecule has 0 bridgehead atoms. The van der Waals surface area contributed by atoms with Gasteiger partial charge in [-0.05, 0) is 25.3 Å². The van der Waals surface area contributed by atoms with E-state index in [4.69, 9.17) is 24.7 Å². The molecule has 1 aromatic rings. The molecule has 0 amide bonds. The molecule has 1 aromatic carbocycles. The maximum Gasteiger partial charge on any atom is 0.503 e. The van der Waals surface area contributed by atoms with Crippen molar-refractivity contribution >= 4 is 8.80 Å². The molecule has 5 nitrogen and oxygen atoms in total. The Labute approximate surface area is 122 Å². The van der Waals surface area contributed by atoms with Crippen LogP contribution in [0.5, 0.6) is 0 Å². The van der Waals surface area contributed by atoms with Crippen molar-refractivity contribution in [2.45, 2.75) is 38.5 Å². The minimum absolute atomic E-state index is 0.0641. The van der Waals surface area contributed by atoms with Crippen molar-refractivity contribution in [3.63, 3.8) is 0 Å². The zero-order valence-corrected chi connectivity index (χ0v) is 13.6. The molecule has 0 spiro atoms. The van der Waals surface area contributed by atoms with E-state index < -0.39 is 14.5 Å². The molecule has 0 saturated heterocycles. The van der Waals surface area contributed by atoms with Crippen molar-refractivity contribution in [2.75, 3.05) is 13.8 Å². The van der Waals surface area contributed by atoms with Crippen molar-refractivity contribution in [3.05, 3.63) is 35.9 Å². The molecule has 1 rings (SSSR count). The fraction of sp³-hybridized carbons (Fsp3) is 0.571. The molecule has 0 heterocycles. The minimum Gasteiger partial charge on any atom is -0.377 e. The van der Waals surface area contributed by atoms with E-state index in [0.29, 0.717) is 12.5 Å². The van der Waals surface area contributed by atoms with Gasteiger partial charge in [0.15, 0.2) is 0 Å². The number of nitrogens with two attached hydrogens (primary N) is 2. The predicted molar refractivity (Wildman–Crippen MR) is 81.8 cm³/mol. The lowest BCUT2D eigenvalue weighted by Crippen LogP contribution is -2.55. The summed E-state index contributed by atoms with van der Waals surface area (Å²) in [6.07, 6.45) is 1.48. The fourth-order valence-electron chi connectivity index (χ4n) is 1.85. The van der Waals surface area contributed by atoms with Gasteiger partial charge in [0.25, 0.3) is 0 Å². The van der Waals surface area contributed by atoms with Gasteiger partial charge in [-0.3, -0.25) is 0 Å². The van der Waals surface area contributed by atoms with Crippen LogP contribution in [-0.2, 0) is 19.7 Å². The van der Waals surface area contributed by atoms with E-state index >= 15 is 0 Å². The Morgan fingerprint density at radius 2 is 1.90 bits per heavy atom. The van der Waals surface area contributed by atoms with E-state index in [2.05, 4.69) is 12.1 Å². The first kappa shape index (κ1) is 17.3. The molecule has 0 aliphatic heterocycles. The Morgan fingerprint density at radius 3 is 2.40 bits per heavy atom. The standard InChI is InChI=1S/C14H26N2O3Si/c1-4-14(2,16)19-20(17-3,18-12-15)11-10-13-8-6-5-7-9-13/h5-9H,4,10-12,15-16H2,1-3H3. The summed E-state index contributed by atoms with van der Waals surface area (Å²) in [7, 11) is -1.26. The van der Waals surface area contributed by atoms with Gasteiger partial charge in [0.2, 0.25) is 0 Å². The Hall–Kier alpha value is -0.763. The average molecular weight is 298 g/mol. The predicted octanol–water partition coefficient (Wildman–Crippen LogP) is 1.85. The third-order valence-corrected chi connectivity index (χ3v) is 6.14. The fourth-order valence-corrected chi connectivity index (χ4v) is 4.27. The van der Waals surface area contributed by atoms with Gasteiger partial charge in [-0.25, -0.2) is 0 Å². The summed E-state index contributed by atoms with van der Waals surface area (Å²) >= 11 is 0. The summed E-state index contributed by atoms with van der Waals surface area (Å²) in [6.45, 7) is 3.86. The lowest BCUT2D eigenvalue weighted by molar-refractivity contribution is -0.0127. The van der Waals surface area contributed by atoms with Crippen molar-refractivity contribution in [3.8, 4) is 0 Å². The van der Waals surface area contributed by atoms with E-state index in [9.17, 15) is 0 Å². The van der Waals surface area contributed by atoms with Crippen LogP contribution in [0.1, 0.15) is 25.8 Å². The number of rotatable bonds is 9. The van der Waals surface area contributed by atoms with Gasteiger partial charge in [-0.15, -0.1) is 0 Å². The highest BCUT2D eigenvalue weighted by Gasteiger charge is 2.44. The molecule has 0 aromatic heterocycles. The molecule has 2 unspecified atom stereocenters. The number of hydrogen-bond donors (Lipinski definition) is 2. The van der Waals surface area contributed by atoms with Gasteiger partial charge < -0.3 is 24.7 Å². The Bertz CT molecular complexity index is 389. The van der Waals surface area contributed by atoms with Crippen LogP contribution in [0.15, 0.2) is 30.3 Å². The van der Waals surface area contributed by atoms with Gasteiger partial charge in [-0.1, -0.05) is 37.3 Å². The molecule has 6 heteroatoms. The van der Waals surface area contributed by atoms with Crippen molar-refractivity contribution in [2.24, 2.45) is 11.5 Å². The summed E-state index contributed by atoms with van der Waals surface area (Å²) in [5.74, 6) is 0. The molecule has 0 radical (unpaired) electrons. The number of hydrogen-bond acceptors (Lipinski definition) is 5. The highest BCUT2D eigenvalue weighted by molar-refractivity contribution is 6.60. The lowest BCUT2D eigenvalue weighted by atomic mass is 10.2. The number of aryl methyl sites for hydroxylation is 1. The van der Waals surface area contributed by atoms with Crippen LogP contribution < -0.4 is 11.5 Å². The van der Waals surface area contributed by atoms with Crippen LogP contribution in [0.4, 0.5) is 0 Å². The smallest absolute Gasteiger partial charge is 0.377 e. The molecule has 0 fully saturated rings. The molecule has 20 heavy (non-hydrogen) atoms. The van der Waals surface area contributed by atoms with Crippen LogP contribution in [0.25, 0.3) is 0 Å². The topological polar surface area (TPSA) is 79.7 Å². The lowest BCUT2D eigenvalue weighted by Gasteiger charge is -2.35. The van der Waals surface area contributed by atoms with Crippen molar-refractivity contribution < 1.29 is 13.3 Å². The van der Waals surface area contributed by atoms with E-state index in [1.165, 1.54) is 5.56 Å². The third kappa shape index (κ3) is 5.32. The highest BCUT2D eigenvalue weighted by Crippen LogP contribution is 2.23. The van der Waals surface area contributed by atoms with Crippen molar-refractivity contribution in [1.82, 2.24) is 0 Å². The van der Waals surface area contributed by atoms with Crippen LogP contribution in [0.2, 0.25) is 6.04 Å². The maximum absolute atomic E-state index is 6.09. The SMILES string of the molecule is CCC(C)(N)O[Si](CCc1ccccc1)(OC)OCN. The Kier molecular flexibility index (Phi) is 6.80. The first-order chi connectivity index (χ1) is 9.47. The summed E-state index contributed by atoms with van der Waals surface area (Å²) in [5.41, 5.74) is 12.1. The zero-order chi connectivity index (χ0) is 15.1. The van der Waals surface area contributed by atoms with Crippen LogP contribution >= 0.6 is 0 Å². The summed E-state index contributed by atoms with van der Waals surface area (Å²) in [4.78, 5) is 0. The van der Waals surface area contributed by atoms with Gasteiger partial charge in [0.05, 0.1) is 6.73 Å². The average Bonchev–Trinajstić information content (AvgIpc) is 2.46. The molecular formula is C14H26N2O3Si. The Morgan fingerprint density at radius 1 is 1.25 bits per heavy atom. The first-order valence-corrected chi connectivity index (χ1v) is 8.82. The van der Waals surface area contributed by atoms with E-state index in [1.807, 2.05) is 32.0 Å². The van der Waals surface area contributed by atoms with E-state index in [0.717, 1.165) is 6.42 Å². The van der Waals surface area contributed by atoms with E-state index in [1.54, 1.807) is 7.11 Å². The molecule has 4 N–H and O–H groups in total. The van der Waals surface area contributed by atoms with Crippen LogP contribution in [-0.4, -0.2) is 28.4 Å². The first-order valence-electron chi connectivity index (χ1n) is 6.89. The summed E-state index contributed by atoms with van der Waals surface area (Å²) in [6, 6.07) is 10.8. The molecule has 2 atom stereocenters. The van der Waals surface area contributed by atoms with E-state index in [-0.39, 0.29) is 6.73 Å². The van der Waals surface area contributed by atoms with Gasteiger partial charge in [0, 0.05) is 13.2 Å². The molecule has 0 aliphatic rings. The molecular weight excluding hydrogens is 272 g/mol. The monoisotopic (exact) mass is 298 g/mol. The molecule has 0 saturated carbocycles. The zero-order valence-electron chi connectivity index (χ0n) is 12.6. The normalized spacial score (nSPS) is 17.4.